The Morgan fingerprint density at radius 2 is 1.56 bits per heavy atom. The normalized spacial score (nSPS) is 11.8. The summed E-state index contributed by atoms with van der Waals surface area (Å²) in [6, 6.07) is 29.5. The standard InChI is InChI=1S/C33H33N3O4S/c1-22-10-12-23(13-11-22)21-34-32(37)40-31-30(24-8-6-5-7-9-24)28-20-26(16-19-29(28)35-31)36-41(38,39)27-17-14-25(15-18-27)33(2,3)4/h5-20,35-36H,21H2,1-4H3,(H,34,37). The van der Waals surface area contributed by atoms with E-state index >= 15 is 0 Å². The highest BCUT2D eigenvalue weighted by Crippen LogP contribution is 2.39. The van der Waals surface area contributed by atoms with Crippen molar-refractivity contribution < 1.29 is 17.9 Å². The molecule has 0 bridgehead atoms. The molecule has 0 radical (unpaired) electrons. The molecular weight excluding hydrogens is 534 g/mol. The monoisotopic (exact) mass is 567 g/mol. The molecule has 210 valence electrons. The Kier molecular flexibility index (Phi) is 7.60. The summed E-state index contributed by atoms with van der Waals surface area (Å²) < 4.78 is 34.9. The fourth-order valence-electron chi connectivity index (χ4n) is 4.56. The van der Waals surface area contributed by atoms with Crippen LogP contribution in [-0.4, -0.2) is 19.5 Å². The third kappa shape index (κ3) is 6.44. The third-order valence-electron chi connectivity index (χ3n) is 6.86. The van der Waals surface area contributed by atoms with Crippen molar-refractivity contribution in [2.75, 3.05) is 4.72 Å². The molecule has 0 aliphatic carbocycles. The van der Waals surface area contributed by atoms with Gasteiger partial charge >= 0.3 is 6.09 Å². The number of hydrogen-bond acceptors (Lipinski definition) is 4. The van der Waals surface area contributed by atoms with Crippen LogP contribution in [0.5, 0.6) is 5.88 Å². The lowest BCUT2D eigenvalue weighted by Gasteiger charge is -2.19. The average Bonchev–Trinajstić information content (AvgIpc) is 3.29. The Morgan fingerprint density at radius 3 is 2.22 bits per heavy atom. The number of benzene rings is 4. The number of fused-ring (bicyclic) bond motifs is 1. The van der Waals surface area contributed by atoms with E-state index in [0.717, 1.165) is 22.3 Å². The molecule has 0 unspecified atom stereocenters. The van der Waals surface area contributed by atoms with Crippen LogP contribution >= 0.6 is 0 Å². The highest BCUT2D eigenvalue weighted by atomic mass is 32.2. The number of H-pyrrole nitrogens is 1. The number of anilines is 1. The number of sulfonamides is 1. The molecule has 3 N–H and O–H groups in total. The van der Waals surface area contributed by atoms with Crippen molar-refractivity contribution >= 4 is 32.7 Å². The zero-order valence-corrected chi connectivity index (χ0v) is 24.3. The van der Waals surface area contributed by atoms with Crippen molar-refractivity contribution in [3.8, 4) is 17.0 Å². The zero-order chi connectivity index (χ0) is 29.2. The second-order valence-corrected chi connectivity index (χ2v) is 12.7. The van der Waals surface area contributed by atoms with Gasteiger partial charge in [-0.25, -0.2) is 13.2 Å². The number of amides is 1. The van der Waals surface area contributed by atoms with E-state index in [1.54, 1.807) is 30.3 Å². The molecule has 0 saturated heterocycles. The Hall–Kier alpha value is -4.56. The predicted octanol–water partition coefficient (Wildman–Crippen LogP) is 7.53. The van der Waals surface area contributed by atoms with Crippen LogP contribution in [0.3, 0.4) is 0 Å². The highest BCUT2D eigenvalue weighted by molar-refractivity contribution is 7.92. The highest BCUT2D eigenvalue weighted by Gasteiger charge is 2.21. The van der Waals surface area contributed by atoms with Crippen LogP contribution in [0.2, 0.25) is 0 Å². The third-order valence-corrected chi connectivity index (χ3v) is 8.26. The van der Waals surface area contributed by atoms with Crippen molar-refractivity contribution in [1.29, 1.82) is 0 Å². The molecule has 0 atom stereocenters. The minimum absolute atomic E-state index is 0.0831. The van der Waals surface area contributed by atoms with Crippen LogP contribution in [0.1, 0.15) is 37.5 Å². The number of ether oxygens (including phenoxy) is 1. The Bertz CT molecular complexity index is 1790. The molecule has 4 aromatic carbocycles. The summed E-state index contributed by atoms with van der Waals surface area (Å²) in [7, 11) is -3.83. The Labute approximate surface area is 240 Å². The molecule has 8 heteroatoms. The summed E-state index contributed by atoms with van der Waals surface area (Å²) in [6.45, 7) is 8.57. The number of carbonyl (C=O) groups excluding carboxylic acids is 1. The first-order valence-corrected chi connectivity index (χ1v) is 14.8. The quantitative estimate of drug-likeness (QED) is 0.189. The maximum absolute atomic E-state index is 13.2. The summed E-state index contributed by atoms with van der Waals surface area (Å²) in [6.07, 6.45) is -0.603. The van der Waals surface area contributed by atoms with E-state index in [9.17, 15) is 13.2 Å². The lowest BCUT2D eigenvalue weighted by Crippen LogP contribution is -2.26. The second-order valence-electron chi connectivity index (χ2n) is 11.1. The lowest BCUT2D eigenvalue weighted by molar-refractivity contribution is 0.198. The van der Waals surface area contributed by atoms with Crippen LogP contribution < -0.4 is 14.8 Å². The van der Waals surface area contributed by atoms with E-state index in [0.29, 0.717) is 28.7 Å². The molecule has 0 saturated carbocycles. The summed E-state index contributed by atoms with van der Waals surface area (Å²) in [5.74, 6) is 0.269. The van der Waals surface area contributed by atoms with Gasteiger partial charge in [0.2, 0.25) is 5.88 Å². The van der Waals surface area contributed by atoms with E-state index in [2.05, 4.69) is 35.8 Å². The van der Waals surface area contributed by atoms with Gasteiger partial charge in [0.05, 0.1) is 10.5 Å². The minimum atomic E-state index is -3.83. The molecule has 7 nitrogen and oxygen atoms in total. The zero-order valence-electron chi connectivity index (χ0n) is 23.5. The van der Waals surface area contributed by atoms with Crippen LogP contribution in [0, 0.1) is 6.92 Å². The van der Waals surface area contributed by atoms with Gasteiger partial charge in [-0.3, -0.25) is 4.72 Å². The van der Waals surface area contributed by atoms with Gasteiger partial charge in [-0.2, -0.15) is 0 Å². The summed E-state index contributed by atoms with van der Waals surface area (Å²) in [5, 5.41) is 3.50. The fourth-order valence-corrected chi connectivity index (χ4v) is 5.61. The lowest BCUT2D eigenvalue weighted by atomic mass is 9.87. The smallest absolute Gasteiger partial charge is 0.393 e. The molecular formula is C33H33N3O4S. The summed E-state index contributed by atoms with van der Waals surface area (Å²) in [4.78, 5) is 16.1. The van der Waals surface area contributed by atoms with Crippen molar-refractivity contribution in [1.82, 2.24) is 10.3 Å². The van der Waals surface area contributed by atoms with E-state index in [-0.39, 0.29) is 16.2 Å². The molecule has 5 rings (SSSR count). The maximum Gasteiger partial charge on any atom is 0.414 e. The molecule has 1 aromatic heterocycles. The van der Waals surface area contributed by atoms with Crippen LogP contribution in [0.15, 0.2) is 102 Å². The first-order valence-electron chi connectivity index (χ1n) is 13.4. The number of aromatic amines is 1. The second kappa shape index (κ2) is 11.1. The van der Waals surface area contributed by atoms with Gasteiger partial charge in [0.1, 0.15) is 0 Å². The predicted molar refractivity (Wildman–Crippen MR) is 164 cm³/mol. The number of rotatable bonds is 7. The van der Waals surface area contributed by atoms with Crippen LogP contribution in [0.4, 0.5) is 10.5 Å². The van der Waals surface area contributed by atoms with Gasteiger partial charge in [0, 0.05) is 23.1 Å². The minimum Gasteiger partial charge on any atom is -0.393 e. The van der Waals surface area contributed by atoms with Gasteiger partial charge in [0.25, 0.3) is 10.0 Å². The Balaban J connectivity index is 1.43. The molecule has 1 heterocycles. The van der Waals surface area contributed by atoms with Gasteiger partial charge in [-0.15, -0.1) is 0 Å². The number of hydrogen-bond donors (Lipinski definition) is 3. The number of carbonyl (C=O) groups is 1. The van der Waals surface area contributed by atoms with Crippen LogP contribution in [0.25, 0.3) is 22.0 Å². The molecule has 0 fully saturated rings. The SMILES string of the molecule is Cc1ccc(CNC(=O)Oc2[nH]c3ccc(NS(=O)(=O)c4ccc(C(C)(C)C)cc4)cc3c2-c2ccccc2)cc1. The molecule has 0 aliphatic rings. The van der Waals surface area contributed by atoms with E-state index < -0.39 is 16.1 Å². The molecule has 0 aliphatic heterocycles. The fraction of sp³-hybridized carbons (Fsp3) is 0.182. The largest absolute Gasteiger partial charge is 0.414 e. The van der Waals surface area contributed by atoms with Gasteiger partial charge in [-0.05, 0) is 59.4 Å². The van der Waals surface area contributed by atoms with Crippen LogP contribution in [-0.2, 0) is 22.0 Å². The van der Waals surface area contributed by atoms with Crippen molar-refractivity contribution in [3.05, 3.63) is 114 Å². The van der Waals surface area contributed by atoms with E-state index in [4.69, 9.17) is 4.74 Å². The molecule has 0 spiro atoms. The van der Waals surface area contributed by atoms with Gasteiger partial charge < -0.3 is 15.0 Å². The van der Waals surface area contributed by atoms with Gasteiger partial charge in [0.15, 0.2) is 0 Å². The molecule has 5 aromatic rings. The topological polar surface area (TPSA) is 100 Å². The summed E-state index contributed by atoms with van der Waals surface area (Å²) in [5.41, 5.74) is 5.62. The Morgan fingerprint density at radius 1 is 0.878 bits per heavy atom. The number of aromatic nitrogens is 1. The molecule has 41 heavy (non-hydrogen) atoms. The van der Waals surface area contributed by atoms with Gasteiger partial charge in [-0.1, -0.05) is 93.1 Å². The average molecular weight is 568 g/mol. The van der Waals surface area contributed by atoms with Crippen molar-refractivity contribution in [3.63, 3.8) is 0 Å². The molecule has 1 amide bonds. The maximum atomic E-state index is 13.2. The number of aryl methyl sites for hydroxylation is 1. The number of nitrogens with one attached hydrogen (secondary N) is 3. The first kappa shape index (κ1) is 28.0. The van der Waals surface area contributed by atoms with E-state index in [1.807, 2.05) is 73.7 Å². The van der Waals surface area contributed by atoms with E-state index in [1.165, 1.54) is 0 Å². The van der Waals surface area contributed by atoms with Crippen molar-refractivity contribution in [2.45, 2.75) is 44.6 Å². The first-order chi connectivity index (χ1) is 19.5. The summed E-state index contributed by atoms with van der Waals surface area (Å²) >= 11 is 0. The van der Waals surface area contributed by atoms with Crippen molar-refractivity contribution in [2.24, 2.45) is 0 Å².